The van der Waals surface area contributed by atoms with Gasteiger partial charge in [0.1, 0.15) is 0 Å². The van der Waals surface area contributed by atoms with Gasteiger partial charge in [0, 0.05) is 47.7 Å². The molecule has 0 unspecified atom stereocenters. The van der Waals surface area contributed by atoms with E-state index in [-0.39, 0.29) is 10.8 Å². The lowest BCUT2D eigenvalue weighted by Crippen LogP contribution is -2.33. The minimum Gasteiger partial charge on any atom is -0.344 e. The molecule has 0 saturated heterocycles. The number of rotatable bonds is 6. The second-order valence-electron chi connectivity index (χ2n) is 23.6. The van der Waals surface area contributed by atoms with Gasteiger partial charge < -0.3 is 9.80 Å². The van der Waals surface area contributed by atoms with Crippen molar-refractivity contribution >= 4 is 47.1 Å². The maximum atomic E-state index is 2.47. The zero-order chi connectivity index (χ0) is 52.5. The van der Waals surface area contributed by atoms with E-state index in [0.29, 0.717) is 0 Å². The SMILES string of the molecule is CN1c2ccccc2C2(CCCC2)c2ccc(-c3ccc(/C=C/c4ccc5c(c4)C4(c6ccccc6-c6ccccc64)c4cc(/C=C/c6ccc(-c7ccc8c(c7)N(C)c7ccccc7C87CCCC7)cc6)ccc4-5)cc3)cc21. The Kier molecular flexibility index (Phi) is 10.4. The summed E-state index contributed by atoms with van der Waals surface area (Å²) in [5, 5.41) is 0. The summed E-state index contributed by atoms with van der Waals surface area (Å²) >= 11 is 0. The fourth-order valence-corrected chi connectivity index (χ4v) is 16.1. The van der Waals surface area contributed by atoms with E-state index in [0.717, 1.165) is 0 Å². The highest BCUT2D eigenvalue weighted by molar-refractivity contribution is 5.96. The van der Waals surface area contributed by atoms with E-state index in [4.69, 9.17) is 0 Å². The Balaban J connectivity index is 0.700. The third kappa shape index (κ3) is 6.77. The van der Waals surface area contributed by atoms with E-state index in [1.165, 1.54) is 185 Å². The van der Waals surface area contributed by atoms with Crippen LogP contribution in [0.2, 0.25) is 0 Å². The first-order valence-corrected chi connectivity index (χ1v) is 28.9. The van der Waals surface area contributed by atoms with Crippen LogP contribution in [0.5, 0.6) is 0 Å². The van der Waals surface area contributed by atoms with Gasteiger partial charge in [0.05, 0.1) is 5.41 Å². The molecule has 2 aliphatic heterocycles. The summed E-state index contributed by atoms with van der Waals surface area (Å²) in [6, 6.07) is 83.5. The molecule has 16 rings (SSSR count). The first-order valence-electron chi connectivity index (χ1n) is 28.9. The van der Waals surface area contributed by atoms with Crippen LogP contribution < -0.4 is 9.80 Å². The smallest absolute Gasteiger partial charge is 0.0725 e. The summed E-state index contributed by atoms with van der Waals surface area (Å²) in [5.41, 5.74) is 31.7. The van der Waals surface area contributed by atoms with E-state index >= 15 is 0 Å². The Morgan fingerprint density at radius 3 is 1.04 bits per heavy atom. The molecule has 0 atom stereocenters. The highest BCUT2D eigenvalue weighted by Crippen LogP contribution is 2.64. The fraction of sp³-hybridized carbons (Fsp3) is 0.169. The Labute approximate surface area is 465 Å². The van der Waals surface area contributed by atoms with Gasteiger partial charge in [0.25, 0.3) is 0 Å². The highest BCUT2D eigenvalue weighted by atomic mass is 15.1. The van der Waals surface area contributed by atoms with Gasteiger partial charge in [-0.15, -0.1) is 0 Å². The molecule has 10 aromatic rings. The second kappa shape index (κ2) is 17.6. The molecule has 0 amide bonds. The van der Waals surface area contributed by atoms with Crippen molar-refractivity contribution in [2.45, 2.75) is 67.6 Å². The van der Waals surface area contributed by atoms with Crippen molar-refractivity contribution in [2.75, 3.05) is 23.9 Å². The molecule has 3 spiro atoms. The molecule has 2 heteroatoms. The number of benzene rings is 10. The molecule has 79 heavy (non-hydrogen) atoms. The van der Waals surface area contributed by atoms with Crippen molar-refractivity contribution in [3.63, 3.8) is 0 Å². The molecule has 10 aromatic carbocycles. The van der Waals surface area contributed by atoms with E-state index in [1.807, 2.05) is 0 Å². The first-order chi connectivity index (χ1) is 38.9. The largest absolute Gasteiger partial charge is 0.344 e. The average molecular weight is 1020 g/mol. The molecule has 2 fully saturated rings. The van der Waals surface area contributed by atoms with Gasteiger partial charge >= 0.3 is 0 Å². The Morgan fingerprint density at radius 1 is 0.278 bits per heavy atom. The monoisotopic (exact) mass is 1010 g/mol. The minimum absolute atomic E-state index is 0.126. The van der Waals surface area contributed by atoms with E-state index < -0.39 is 5.41 Å². The van der Waals surface area contributed by atoms with Gasteiger partial charge in [-0.1, -0.05) is 232 Å². The van der Waals surface area contributed by atoms with Crippen LogP contribution in [0.25, 0.3) is 68.8 Å². The molecule has 0 bridgehead atoms. The van der Waals surface area contributed by atoms with Crippen molar-refractivity contribution in [3.8, 4) is 44.5 Å². The number of anilines is 4. The zero-order valence-corrected chi connectivity index (χ0v) is 45.1. The van der Waals surface area contributed by atoms with Crippen molar-refractivity contribution in [2.24, 2.45) is 0 Å². The third-order valence-corrected chi connectivity index (χ3v) is 19.8. The van der Waals surface area contributed by atoms with Crippen LogP contribution in [0.1, 0.15) is 118 Å². The Hall–Kier alpha value is -8.72. The summed E-state index contributed by atoms with van der Waals surface area (Å²) < 4.78 is 0. The topological polar surface area (TPSA) is 6.48 Å². The molecule has 2 saturated carbocycles. The summed E-state index contributed by atoms with van der Waals surface area (Å²) in [7, 11) is 4.49. The van der Waals surface area contributed by atoms with Crippen LogP contribution in [0.15, 0.2) is 218 Å². The summed E-state index contributed by atoms with van der Waals surface area (Å²) in [5.74, 6) is 0. The van der Waals surface area contributed by atoms with Crippen LogP contribution in [0.4, 0.5) is 22.7 Å². The number of hydrogen-bond donors (Lipinski definition) is 0. The minimum atomic E-state index is -0.445. The van der Waals surface area contributed by atoms with Gasteiger partial charge in [-0.25, -0.2) is 0 Å². The molecule has 2 nitrogen and oxygen atoms in total. The lowest BCUT2D eigenvalue weighted by Gasteiger charge is -2.42. The third-order valence-electron chi connectivity index (χ3n) is 19.8. The van der Waals surface area contributed by atoms with Crippen LogP contribution >= 0.6 is 0 Å². The Morgan fingerprint density at radius 2 is 0.608 bits per heavy atom. The van der Waals surface area contributed by atoms with Gasteiger partial charge in [0.15, 0.2) is 0 Å². The summed E-state index contributed by atoms with van der Waals surface area (Å²) in [4.78, 5) is 4.84. The van der Waals surface area contributed by atoms with Gasteiger partial charge in [-0.2, -0.15) is 0 Å². The molecular formula is C77H62N2. The van der Waals surface area contributed by atoms with Crippen molar-refractivity contribution < 1.29 is 0 Å². The van der Waals surface area contributed by atoms with E-state index in [9.17, 15) is 0 Å². The number of para-hydroxylation sites is 2. The summed E-state index contributed by atoms with van der Waals surface area (Å²) in [6.45, 7) is 0. The molecule has 0 N–H and O–H groups in total. The molecule has 0 radical (unpaired) electrons. The molecule has 0 aromatic heterocycles. The number of hydrogen-bond acceptors (Lipinski definition) is 2. The van der Waals surface area contributed by atoms with Crippen molar-refractivity contribution in [1.29, 1.82) is 0 Å². The molecule has 6 aliphatic rings. The summed E-state index contributed by atoms with van der Waals surface area (Å²) in [6.07, 6.45) is 19.2. The number of fused-ring (bicyclic) bond motifs is 18. The van der Waals surface area contributed by atoms with Crippen LogP contribution in [0, 0.1) is 0 Å². The van der Waals surface area contributed by atoms with Gasteiger partial charge in [-0.3, -0.25) is 0 Å². The molecule has 2 heterocycles. The van der Waals surface area contributed by atoms with Crippen LogP contribution in [-0.2, 0) is 16.2 Å². The normalized spacial score (nSPS) is 17.0. The molecular weight excluding hydrogens is 953 g/mol. The predicted molar refractivity (Wildman–Crippen MR) is 332 cm³/mol. The average Bonchev–Trinajstić information content (AvgIpc) is 2.90. The first kappa shape index (κ1) is 46.4. The lowest BCUT2D eigenvalue weighted by atomic mass is 9.69. The maximum Gasteiger partial charge on any atom is 0.0725 e. The van der Waals surface area contributed by atoms with Crippen LogP contribution in [0.3, 0.4) is 0 Å². The van der Waals surface area contributed by atoms with Gasteiger partial charge in [-0.05, 0) is 173 Å². The number of nitrogens with zero attached hydrogens (tertiary/aromatic N) is 2. The highest BCUT2D eigenvalue weighted by Gasteiger charge is 2.52. The standard InChI is InChI=1S/C77H62N2/c1-78-71-21-9-7-19-65(71)75(43-11-12-44-75)67-41-37-57(49-73(67)78)55-33-27-51(28-34-55)23-25-53-31-39-61-62-40-32-54(48-70(62)77(69(61)47-53)63-17-5-3-15-59(63)60-16-4-6-18-64(60)77)26-24-52-29-35-56(36-30-52)58-38-42-68-74(50-58)79(2)72-22-10-8-20-66(72)76(68)45-13-14-46-76/h3-10,15-42,47-50H,11-14,43-46H2,1-2H3/b25-23+,26-24+. The predicted octanol–water partition coefficient (Wildman–Crippen LogP) is 19.6. The van der Waals surface area contributed by atoms with Crippen molar-refractivity contribution in [1.82, 2.24) is 0 Å². The van der Waals surface area contributed by atoms with Crippen LogP contribution in [-0.4, -0.2) is 14.1 Å². The molecule has 380 valence electrons. The molecule has 4 aliphatic carbocycles. The second-order valence-corrected chi connectivity index (χ2v) is 23.6. The van der Waals surface area contributed by atoms with E-state index in [2.05, 4.69) is 267 Å². The van der Waals surface area contributed by atoms with E-state index in [1.54, 1.807) is 0 Å². The quantitative estimate of drug-likeness (QED) is 0.153. The zero-order valence-electron chi connectivity index (χ0n) is 45.1. The fourth-order valence-electron chi connectivity index (χ4n) is 16.1. The Bertz CT molecular complexity index is 3900. The maximum absolute atomic E-state index is 2.47. The lowest BCUT2D eigenvalue weighted by molar-refractivity contribution is 0.529. The van der Waals surface area contributed by atoms with Crippen molar-refractivity contribution in [3.05, 3.63) is 285 Å². The van der Waals surface area contributed by atoms with Gasteiger partial charge in [0.2, 0.25) is 0 Å².